The molecule has 0 N–H and O–H groups in total. The predicted octanol–water partition coefficient (Wildman–Crippen LogP) is 3.15. The molecule has 0 fully saturated rings. The van der Waals surface area contributed by atoms with E-state index in [9.17, 15) is 0 Å². The van der Waals surface area contributed by atoms with E-state index in [1.165, 1.54) is 25.7 Å². The zero-order valence-corrected chi connectivity index (χ0v) is 11.0. The molecule has 0 aliphatic carbocycles. The summed E-state index contributed by atoms with van der Waals surface area (Å²) in [6.45, 7) is 2.19. The summed E-state index contributed by atoms with van der Waals surface area (Å²) in [5.41, 5.74) is 0.522. The van der Waals surface area contributed by atoms with Crippen LogP contribution < -0.4 is 0 Å². The highest BCUT2D eigenvalue weighted by Crippen LogP contribution is 2.11. The van der Waals surface area contributed by atoms with E-state index in [1.54, 1.807) is 11.6 Å². The second kappa shape index (κ2) is 7.29. The van der Waals surface area contributed by atoms with Crippen molar-refractivity contribution in [3.63, 3.8) is 0 Å². The number of allylic oxidation sites excluding steroid dienone is 1. The number of nitriles is 2. The molecule has 1 aromatic heterocycles. The van der Waals surface area contributed by atoms with Crippen molar-refractivity contribution in [1.29, 1.82) is 10.5 Å². The summed E-state index contributed by atoms with van der Waals surface area (Å²) in [5, 5.41) is 17.8. The van der Waals surface area contributed by atoms with Crippen LogP contribution in [0.4, 0.5) is 0 Å². The molecule has 94 valence electrons. The van der Waals surface area contributed by atoms with E-state index in [1.807, 2.05) is 18.2 Å². The van der Waals surface area contributed by atoms with Crippen molar-refractivity contribution in [2.75, 3.05) is 0 Å². The lowest BCUT2D eigenvalue weighted by Crippen LogP contribution is -1.95. The molecule has 0 saturated carbocycles. The average molecular weight is 242 g/mol. The van der Waals surface area contributed by atoms with Gasteiger partial charge in [-0.15, -0.1) is 0 Å². The fourth-order valence-corrected chi connectivity index (χ4v) is 1.75. The first-order chi connectivity index (χ1) is 8.74. The van der Waals surface area contributed by atoms with E-state index >= 15 is 0 Å². The normalized spacial score (nSPS) is 10.4. The molecule has 0 aromatic carbocycles. The van der Waals surface area contributed by atoms with Gasteiger partial charge in [0.15, 0.2) is 11.4 Å². The van der Waals surface area contributed by atoms with Gasteiger partial charge in [-0.3, -0.25) is 0 Å². The van der Waals surface area contributed by atoms with Crippen molar-refractivity contribution >= 4 is 6.08 Å². The van der Waals surface area contributed by atoms with E-state index < -0.39 is 0 Å². The Labute approximate surface area is 108 Å². The minimum absolute atomic E-state index is 0.200. The van der Waals surface area contributed by atoms with Crippen molar-refractivity contribution in [3.8, 4) is 12.1 Å². The minimum atomic E-state index is 0.200. The van der Waals surface area contributed by atoms with E-state index in [-0.39, 0.29) is 5.69 Å². The van der Waals surface area contributed by atoms with Crippen LogP contribution in [0.5, 0.6) is 0 Å². The number of hydrogen-bond acceptors (Lipinski definition) is 3. The summed E-state index contributed by atoms with van der Waals surface area (Å²) >= 11 is 0. The molecule has 0 atom stereocenters. The number of imidazole rings is 1. The molecule has 0 amide bonds. The van der Waals surface area contributed by atoms with Crippen LogP contribution >= 0.6 is 0 Å². The molecule has 0 spiro atoms. The Bertz CT molecular complexity index is 497. The van der Waals surface area contributed by atoms with Crippen molar-refractivity contribution in [2.24, 2.45) is 7.05 Å². The third kappa shape index (κ3) is 3.46. The number of aromatic nitrogens is 2. The third-order valence-electron chi connectivity index (χ3n) is 2.83. The van der Waals surface area contributed by atoms with Gasteiger partial charge in [-0.05, 0) is 18.9 Å². The lowest BCUT2D eigenvalue weighted by atomic mass is 10.1. The molecule has 0 saturated heterocycles. The number of rotatable bonds is 6. The smallest absolute Gasteiger partial charge is 0.177 e. The van der Waals surface area contributed by atoms with Crippen LogP contribution in [0.2, 0.25) is 0 Å². The van der Waals surface area contributed by atoms with E-state index in [0.29, 0.717) is 11.5 Å². The van der Waals surface area contributed by atoms with Gasteiger partial charge in [0.25, 0.3) is 0 Å². The zero-order valence-electron chi connectivity index (χ0n) is 11.0. The Balaban J connectivity index is 2.63. The van der Waals surface area contributed by atoms with Gasteiger partial charge >= 0.3 is 0 Å². The molecule has 0 unspecified atom stereocenters. The first-order valence-corrected chi connectivity index (χ1v) is 6.28. The standard InChI is InChI=1S/C14H18N4/c1-3-4-5-6-7-8-9-14-17-12(10-15)13(11-16)18(14)2/h8-9H,3-7H2,1-2H3/b9-8+. The highest BCUT2D eigenvalue weighted by Gasteiger charge is 2.11. The van der Waals surface area contributed by atoms with Crippen LogP contribution in [0.25, 0.3) is 6.08 Å². The fourth-order valence-electron chi connectivity index (χ4n) is 1.75. The molecule has 0 aliphatic heterocycles. The number of nitrogens with zero attached hydrogens (tertiary/aromatic N) is 4. The average Bonchev–Trinajstić information content (AvgIpc) is 2.69. The Kier molecular flexibility index (Phi) is 5.67. The van der Waals surface area contributed by atoms with Crippen LogP contribution in [-0.4, -0.2) is 9.55 Å². The molecule has 1 aromatic rings. The van der Waals surface area contributed by atoms with Gasteiger partial charge in [0.1, 0.15) is 18.0 Å². The van der Waals surface area contributed by atoms with Crippen LogP contribution in [0.1, 0.15) is 56.2 Å². The summed E-state index contributed by atoms with van der Waals surface area (Å²) in [5.74, 6) is 0.665. The van der Waals surface area contributed by atoms with Crippen LogP contribution in [-0.2, 0) is 7.05 Å². The van der Waals surface area contributed by atoms with Crippen LogP contribution in [0.15, 0.2) is 6.08 Å². The highest BCUT2D eigenvalue weighted by molar-refractivity contribution is 5.48. The quantitative estimate of drug-likeness (QED) is 0.720. The molecule has 4 nitrogen and oxygen atoms in total. The van der Waals surface area contributed by atoms with Gasteiger partial charge in [-0.1, -0.05) is 32.3 Å². The van der Waals surface area contributed by atoms with Gasteiger partial charge in [0, 0.05) is 7.05 Å². The van der Waals surface area contributed by atoms with Crippen molar-refractivity contribution in [2.45, 2.75) is 39.0 Å². The Morgan fingerprint density at radius 3 is 2.56 bits per heavy atom. The van der Waals surface area contributed by atoms with Gasteiger partial charge in [0.2, 0.25) is 0 Å². The monoisotopic (exact) mass is 242 g/mol. The SMILES string of the molecule is CCCCCC/C=C/c1nc(C#N)c(C#N)n1C. The lowest BCUT2D eigenvalue weighted by Gasteiger charge is -1.96. The first kappa shape index (κ1) is 14.0. The van der Waals surface area contributed by atoms with E-state index in [4.69, 9.17) is 10.5 Å². The molecule has 1 heterocycles. The van der Waals surface area contributed by atoms with E-state index in [2.05, 4.69) is 18.0 Å². The Morgan fingerprint density at radius 1 is 1.22 bits per heavy atom. The Morgan fingerprint density at radius 2 is 2.00 bits per heavy atom. The Hall–Kier alpha value is -2.07. The van der Waals surface area contributed by atoms with Crippen LogP contribution in [0.3, 0.4) is 0 Å². The van der Waals surface area contributed by atoms with Crippen molar-refractivity contribution < 1.29 is 0 Å². The summed E-state index contributed by atoms with van der Waals surface area (Å²) in [4.78, 5) is 4.13. The largest absolute Gasteiger partial charge is 0.318 e. The number of unbranched alkanes of at least 4 members (excludes halogenated alkanes) is 4. The maximum absolute atomic E-state index is 8.93. The van der Waals surface area contributed by atoms with Gasteiger partial charge in [-0.2, -0.15) is 10.5 Å². The molecular weight excluding hydrogens is 224 g/mol. The number of hydrogen-bond donors (Lipinski definition) is 0. The minimum Gasteiger partial charge on any atom is -0.318 e. The maximum Gasteiger partial charge on any atom is 0.177 e. The van der Waals surface area contributed by atoms with Gasteiger partial charge < -0.3 is 4.57 Å². The van der Waals surface area contributed by atoms with Crippen molar-refractivity contribution in [1.82, 2.24) is 9.55 Å². The molecule has 4 heteroatoms. The topological polar surface area (TPSA) is 65.4 Å². The molecule has 18 heavy (non-hydrogen) atoms. The van der Waals surface area contributed by atoms with Crippen LogP contribution in [0, 0.1) is 22.7 Å². The fraction of sp³-hybridized carbons (Fsp3) is 0.500. The summed E-state index contributed by atoms with van der Waals surface area (Å²) < 4.78 is 1.65. The molecule has 0 aliphatic rings. The summed E-state index contributed by atoms with van der Waals surface area (Å²) in [7, 11) is 1.75. The zero-order chi connectivity index (χ0) is 13.4. The molecule has 1 rings (SSSR count). The van der Waals surface area contributed by atoms with E-state index in [0.717, 1.165) is 6.42 Å². The summed E-state index contributed by atoms with van der Waals surface area (Å²) in [6.07, 6.45) is 9.87. The molecule has 0 bridgehead atoms. The molecular formula is C14H18N4. The second-order valence-electron chi connectivity index (χ2n) is 4.20. The maximum atomic E-state index is 8.93. The van der Waals surface area contributed by atoms with Gasteiger partial charge in [-0.25, -0.2) is 4.98 Å². The third-order valence-corrected chi connectivity index (χ3v) is 2.83. The second-order valence-corrected chi connectivity index (χ2v) is 4.20. The van der Waals surface area contributed by atoms with Gasteiger partial charge in [0.05, 0.1) is 0 Å². The molecule has 0 radical (unpaired) electrons. The summed E-state index contributed by atoms with van der Waals surface area (Å²) in [6, 6.07) is 3.94. The lowest BCUT2D eigenvalue weighted by molar-refractivity contribution is 0.675. The van der Waals surface area contributed by atoms with Crippen molar-refractivity contribution in [3.05, 3.63) is 23.3 Å². The first-order valence-electron chi connectivity index (χ1n) is 6.28. The highest BCUT2D eigenvalue weighted by atomic mass is 15.1. The predicted molar refractivity (Wildman–Crippen MR) is 70.4 cm³/mol.